The molecule has 0 radical (unpaired) electrons. The summed E-state index contributed by atoms with van der Waals surface area (Å²) in [6, 6.07) is 5.05. The molecule has 0 unspecified atom stereocenters. The van der Waals surface area contributed by atoms with Crippen LogP contribution >= 0.6 is 0 Å². The fraction of sp³-hybridized carbons (Fsp3) is 0.188. The van der Waals surface area contributed by atoms with E-state index < -0.39 is 10.8 Å². The van der Waals surface area contributed by atoms with Gasteiger partial charge in [-0.2, -0.15) is 5.10 Å². The van der Waals surface area contributed by atoms with Crippen molar-refractivity contribution in [3.8, 4) is 5.75 Å². The van der Waals surface area contributed by atoms with Gasteiger partial charge in [-0.05, 0) is 26.0 Å². The molecule has 0 aliphatic heterocycles. The largest absolute Gasteiger partial charge is 0.505 e. The number of amides is 1. The van der Waals surface area contributed by atoms with E-state index in [1.807, 2.05) is 0 Å². The number of hydrogen-bond acceptors (Lipinski definition) is 7. The molecule has 0 aliphatic rings. The van der Waals surface area contributed by atoms with Gasteiger partial charge in [-0.15, -0.1) is 0 Å². The molecule has 0 aliphatic carbocycles. The lowest BCUT2D eigenvalue weighted by molar-refractivity contribution is -0.384. The van der Waals surface area contributed by atoms with E-state index in [9.17, 15) is 25.1 Å². The Bertz CT molecular complexity index is 846. The summed E-state index contributed by atoms with van der Waals surface area (Å²) >= 11 is 0. The molecule has 0 spiro atoms. The Labute approximate surface area is 142 Å². The number of pyridine rings is 1. The number of carbonyl (C=O) groups is 1. The average molecular weight is 344 g/mol. The average Bonchev–Trinajstić information content (AvgIpc) is 2.61. The molecule has 0 fully saturated rings. The van der Waals surface area contributed by atoms with Gasteiger partial charge in [-0.1, -0.05) is 0 Å². The quantitative estimate of drug-likeness (QED) is 0.428. The highest BCUT2D eigenvalue weighted by molar-refractivity contribution is 6.03. The van der Waals surface area contributed by atoms with E-state index in [1.54, 1.807) is 13.8 Å². The number of nitro benzene ring substituents is 1. The fourth-order valence-electron chi connectivity index (χ4n) is 2.15. The van der Waals surface area contributed by atoms with Crippen molar-refractivity contribution >= 4 is 17.3 Å². The predicted octanol–water partition coefficient (Wildman–Crippen LogP) is 1.65. The van der Waals surface area contributed by atoms with Gasteiger partial charge in [0.15, 0.2) is 0 Å². The fourth-order valence-corrected chi connectivity index (χ4v) is 2.15. The highest BCUT2D eigenvalue weighted by Crippen LogP contribution is 2.24. The molecular formula is C16H16N4O5. The number of aryl methyl sites for hydroxylation is 1. The molecule has 2 rings (SSSR count). The van der Waals surface area contributed by atoms with Crippen LogP contribution in [-0.2, 0) is 6.61 Å². The second-order valence-corrected chi connectivity index (χ2v) is 5.19. The third kappa shape index (κ3) is 3.96. The second kappa shape index (κ2) is 7.49. The maximum atomic E-state index is 12.1. The summed E-state index contributed by atoms with van der Waals surface area (Å²) in [6.45, 7) is 2.81. The first kappa shape index (κ1) is 18.0. The molecule has 9 nitrogen and oxygen atoms in total. The summed E-state index contributed by atoms with van der Waals surface area (Å²) in [5.74, 6) is -0.692. The van der Waals surface area contributed by atoms with Gasteiger partial charge < -0.3 is 10.2 Å². The summed E-state index contributed by atoms with van der Waals surface area (Å²) in [5.41, 5.74) is 3.68. The lowest BCUT2D eigenvalue weighted by Gasteiger charge is -2.11. The number of aromatic hydroxyl groups is 1. The molecular weight excluding hydrogens is 328 g/mol. The molecule has 2 aromatic rings. The smallest absolute Gasteiger partial charge is 0.271 e. The summed E-state index contributed by atoms with van der Waals surface area (Å²) in [4.78, 5) is 26.1. The Morgan fingerprint density at radius 2 is 2.00 bits per heavy atom. The van der Waals surface area contributed by atoms with Gasteiger partial charge in [0.1, 0.15) is 5.75 Å². The molecule has 1 aromatic heterocycles. The molecule has 1 heterocycles. The maximum absolute atomic E-state index is 12.1. The van der Waals surface area contributed by atoms with E-state index in [0.717, 1.165) is 0 Å². The molecule has 0 atom stereocenters. The van der Waals surface area contributed by atoms with Crippen molar-refractivity contribution in [1.29, 1.82) is 0 Å². The lowest BCUT2D eigenvalue weighted by atomic mass is 10.0. The molecule has 9 heteroatoms. The van der Waals surface area contributed by atoms with Crippen molar-refractivity contribution in [3.63, 3.8) is 0 Å². The summed E-state index contributed by atoms with van der Waals surface area (Å²) < 4.78 is 0. The number of benzene rings is 1. The van der Waals surface area contributed by atoms with Gasteiger partial charge >= 0.3 is 0 Å². The van der Waals surface area contributed by atoms with E-state index in [-0.39, 0.29) is 29.3 Å². The summed E-state index contributed by atoms with van der Waals surface area (Å²) in [7, 11) is 0. The zero-order valence-corrected chi connectivity index (χ0v) is 13.6. The Morgan fingerprint density at radius 1 is 1.36 bits per heavy atom. The van der Waals surface area contributed by atoms with E-state index >= 15 is 0 Å². The number of aliphatic hydroxyl groups excluding tert-OH is 1. The van der Waals surface area contributed by atoms with Gasteiger partial charge in [-0.3, -0.25) is 19.9 Å². The number of nitro groups is 1. The number of hydrogen-bond donors (Lipinski definition) is 3. The van der Waals surface area contributed by atoms with Crippen LogP contribution in [-0.4, -0.2) is 31.7 Å². The van der Waals surface area contributed by atoms with Crippen molar-refractivity contribution < 1.29 is 19.9 Å². The number of nitrogens with one attached hydrogen (secondary N) is 1. The topological polar surface area (TPSA) is 138 Å². The van der Waals surface area contributed by atoms with Crippen LogP contribution in [0.2, 0.25) is 0 Å². The van der Waals surface area contributed by atoms with Gasteiger partial charge in [0.2, 0.25) is 0 Å². The van der Waals surface area contributed by atoms with Gasteiger partial charge in [0.25, 0.3) is 11.6 Å². The molecule has 1 aromatic carbocycles. The molecule has 25 heavy (non-hydrogen) atoms. The summed E-state index contributed by atoms with van der Waals surface area (Å²) in [6.07, 6.45) is 1.42. The molecule has 3 N–H and O–H groups in total. The minimum atomic E-state index is -0.565. The number of aliphatic hydroxyl groups is 1. The van der Waals surface area contributed by atoms with Crippen molar-refractivity contribution in [3.05, 3.63) is 63.0 Å². The zero-order chi connectivity index (χ0) is 18.6. The predicted molar refractivity (Wildman–Crippen MR) is 89.3 cm³/mol. The van der Waals surface area contributed by atoms with Crippen LogP contribution in [0.5, 0.6) is 5.75 Å². The van der Waals surface area contributed by atoms with E-state index in [0.29, 0.717) is 16.8 Å². The van der Waals surface area contributed by atoms with E-state index in [4.69, 9.17) is 0 Å². The van der Waals surface area contributed by atoms with Crippen LogP contribution in [0.3, 0.4) is 0 Å². The SMILES string of the molecule is C/C(=N\NC(=O)c1ccc([N+](=O)[O-])cc1)c1c(CO)cnc(C)c1O. The number of carbonyl (C=O) groups excluding carboxylic acids is 1. The number of nitrogens with zero attached hydrogens (tertiary/aromatic N) is 3. The van der Waals surface area contributed by atoms with Crippen LogP contribution < -0.4 is 5.43 Å². The second-order valence-electron chi connectivity index (χ2n) is 5.19. The van der Waals surface area contributed by atoms with E-state index in [1.165, 1.54) is 30.5 Å². The highest BCUT2D eigenvalue weighted by atomic mass is 16.6. The van der Waals surface area contributed by atoms with Crippen LogP contribution in [0.4, 0.5) is 5.69 Å². The van der Waals surface area contributed by atoms with Crippen LogP contribution in [0.15, 0.2) is 35.6 Å². The van der Waals surface area contributed by atoms with Crippen LogP contribution in [0.1, 0.15) is 34.1 Å². The van der Waals surface area contributed by atoms with Gasteiger partial charge in [-0.25, -0.2) is 5.43 Å². The first-order valence-corrected chi connectivity index (χ1v) is 7.23. The highest BCUT2D eigenvalue weighted by Gasteiger charge is 2.15. The van der Waals surface area contributed by atoms with Gasteiger partial charge in [0, 0.05) is 35.0 Å². The Hall–Kier alpha value is -3.33. The van der Waals surface area contributed by atoms with Crippen molar-refractivity contribution in [2.45, 2.75) is 20.5 Å². The number of non-ortho nitro benzene ring substituents is 1. The normalized spacial score (nSPS) is 11.2. The molecule has 0 saturated heterocycles. The minimum Gasteiger partial charge on any atom is -0.505 e. The zero-order valence-electron chi connectivity index (χ0n) is 13.6. The first-order chi connectivity index (χ1) is 11.8. The van der Waals surface area contributed by atoms with Gasteiger partial charge in [0.05, 0.1) is 22.9 Å². The molecule has 0 bridgehead atoms. The first-order valence-electron chi connectivity index (χ1n) is 7.23. The standard InChI is InChI=1S/C16H16N4O5/c1-9(14-12(8-21)7-17-10(2)15(14)22)18-19-16(23)11-3-5-13(6-4-11)20(24)25/h3-7,21-22H,8H2,1-2H3,(H,19,23)/b18-9+. The van der Waals surface area contributed by atoms with Crippen molar-refractivity contribution in [1.82, 2.24) is 10.4 Å². The number of aromatic nitrogens is 1. The molecule has 0 saturated carbocycles. The Morgan fingerprint density at radius 3 is 2.56 bits per heavy atom. The Kier molecular flexibility index (Phi) is 5.40. The molecule has 1 amide bonds. The monoisotopic (exact) mass is 344 g/mol. The van der Waals surface area contributed by atoms with Crippen molar-refractivity contribution in [2.75, 3.05) is 0 Å². The Balaban J connectivity index is 2.22. The van der Waals surface area contributed by atoms with Crippen LogP contribution in [0.25, 0.3) is 0 Å². The third-order valence-electron chi connectivity index (χ3n) is 3.51. The maximum Gasteiger partial charge on any atom is 0.271 e. The molecule has 130 valence electrons. The van der Waals surface area contributed by atoms with Crippen LogP contribution in [0, 0.1) is 17.0 Å². The number of rotatable bonds is 5. The third-order valence-corrected chi connectivity index (χ3v) is 3.51. The summed E-state index contributed by atoms with van der Waals surface area (Å²) in [5, 5.41) is 34.0. The minimum absolute atomic E-state index is 0.124. The van der Waals surface area contributed by atoms with Crippen molar-refractivity contribution in [2.24, 2.45) is 5.10 Å². The van der Waals surface area contributed by atoms with E-state index in [2.05, 4.69) is 15.5 Å². The number of hydrazone groups is 1. The lowest BCUT2D eigenvalue weighted by Crippen LogP contribution is -2.20.